The first kappa shape index (κ1) is 15.9. The molecule has 0 aromatic carbocycles. The molecule has 0 amide bonds. The number of nitrogens with one attached hydrogen (secondary N) is 1. The van der Waals surface area contributed by atoms with Gasteiger partial charge in [0.1, 0.15) is 0 Å². The Kier molecular flexibility index (Phi) is 11.3. The van der Waals surface area contributed by atoms with Crippen molar-refractivity contribution in [3.8, 4) is 0 Å². The first-order valence-electron chi connectivity index (χ1n) is 7.01. The smallest absolute Gasteiger partial charge is 0.0591 e. The van der Waals surface area contributed by atoms with Crippen LogP contribution in [0, 0.1) is 5.92 Å². The van der Waals surface area contributed by atoms with Gasteiger partial charge in [-0.2, -0.15) is 0 Å². The summed E-state index contributed by atoms with van der Waals surface area (Å²) >= 11 is 0. The van der Waals surface area contributed by atoms with E-state index in [1.807, 2.05) is 0 Å². The molecule has 0 saturated carbocycles. The van der Waals surface area contributed by atoms with Gasteiger partial charge in [-0.25, -0.2) is 0 Å². The van der Waals surface area contributed by atoms with E-state index in [9.17, 15) is 0 Å². The molecule has 0 aromatic heterocycles. The second kappa shape index (κ2) is 11.4. The van der Waals surface area contributed by atoms with E-state index in [-0.39, 0.29) is 0 Å². The van der Waals surface area contributed by atoms with Crippen molar-refractivity contribution in [2.24, 2.45) is 5.92 Å². The molecule has 16 heavy (non-hydrogen) atoms. The Hall–Kier alpha value is -0.0800. The third-order valence-corrected chi connectivity index (χ3v) is 2.67. The van der Waals surface area contributed by atoms with Crippen LogP contribution in [0.3, 0.4) is 0 Å². The third-order valence-electron chi connectivity index (χ3n) is 2.67. The van der Waals surface area contributed by atoms with Crippen LogP contribution in [0.15, 0.2) is 0 Å². The molecule has 1 atom stereocenters. The highest BCUT2D eigenvalue weighted by Crippen LogP contribution is 2.06. The predicted octanol–water partition coefficient (Wildman–Crippen LogP) is 3.61. The average Bonchev–Trinajstić information content (AvgIpc) is 2.24. The van der Waals surface area contributed by atoms with E-state index in [2.05, 4.69) is 33.0 Å². The van der Waals surface area contributed by atoms with Crippen LogP contribution in [0.2, 0.25) is 0 Å². The largest absolute Gasteiger partial charge is 0.380 e. The van der Waals surface area contributed by atoms with Gasteiger partial charge in [0.25, 0.3) is 0 Å². The Morgan fingerprint density at radius 2 is 1.81 bits per heavy atom. The van der Waals surface area contributed by atoms with E-state index in [4.69, 9.17) is 4.74 Å². The molecule has 0 fully saturated rings. The monoisotopic (exact) mass is 229 g/mol. The second-order valence-electron chi connectivity index (χ2n) is 5.05. The van der Waals surface area contributed by atoms with E-state index in [0.29, 0.717) is 12.0 Å². The lowest BCUT2D eigenvalue weighted by Crippen LogP contribution is -2.32. The Balaban J connectivity index is 3.43. The minimum absolute atomic E-state index is 0.645. The molecule has 0 saturated heterocycles. The van der Waals surface area contributed by atoms with Crippen molar-refractivity contribution in [1.82, 2.24) is 5.32 Å². The Morgan fingerprint density at radius 1 is 1.06 bits per heavy atom. The summed E-state index contributed by atoms with van der Waals surface area (Å²) in [7, 11) is 0. The zero-order valence-corrected chi connectivity index (χ0v) is 11.7. The molecule has 0 aliphatic carbocycles. The molecule has 0 rings (SSSR count). The predicted molar refractivity (Wildman–Crippen MR) is 71.9 cm³/mol. The first-order valence-corrected chi connectivity index (χ1v) is 7.01. The fraction of sp³-hybridized carbons (Fsp3) is 1.00. The van der Waals surface area contributed by atoms with Crippen LogP contribution in [0.4, 0.5) is 0 Å². The summed E-state index contributed by atoms with van der Waals surface area (Å²) in [5.74, 6) is 0.645. The lowest BCUT2D eigenvalue weighted by Gasteiger charge is -2.18. The van der Waals surface area contributed by atoms with Gasteiger partial charge in [0, 0.05) is 19.2 Å². The highest BCUT2D eigenvalue weighted by atomic mass is 16.5. The lowest BCUT2D eigenvalue weighted by molar-refractivity contribution is 0.109. The van der Waals surface area contributed by atoms with Crippen molar-refractivity contribution in [3.63, 3.8) is 0 Å². The fourth-order valence-electron chi connectivity index (χ4n) is 1.80. The van der Waals surface area contributed by atoms with Crippen molar-refractivity contribution in [1.29, 1.82) is 0 Å². The summed E-state index contributed by atoms with van der Waals surface area (Å²) in [5.41, 5.74) is 0. The molecule has 0 bridgehead atoms. The minimum Gasteiger partial charge on any atom is -0.380 e. The number of ether oxygens (including phenoxy) is 1. The van der Waals surface area contributed by atoms with Crippen LogP contribution < -0.4 is 5.32 Å². The zero-order chi connectivity index (χ0) is 12.2. The van der Waals surface area contributed by atoms with Crippen molar-refractivity contribution < 1.29 is 4.74 Å². The van der Waals surface area contributed by atoms with Crippen molar-refractivity contribution in [2.45, 2.75) is 65.8 Å². The molecule has 1 N–H and O–H groups in total. The van der Waals surface area contributed by atoms with Crippen LogP contribution in [0.1, 0.15) is 59.8 Å². The van der Waals surface area contributed by atoms with Crippen LogP contribution in [-0.2, 0) is 4.74 Å². The molecule has 2 nitrogen and oxygen atoms in total. The van der Waals surface area contributed by atoms with E-state index < -0.39 is 0 Å². The van der Waals surface area contributed by atoms with Crippen molar-refractivity contribution >= 4 is 0 Å². The van der Waals surface area contributed by atoms with E-state index in [1.54, 1.807) is 0 Å². The first-order chi connectivity index (χ1) is 7.70. The van der Waals surface area contributed by atoms with Gasteiger partial charge in [0.2, 0.25) is 0 Å². The maximum absolute atomic E-state index is 5.57. The standard InChI is InChI=1S/C14H31NO/c1-5-7-9-14(8-6-2)15-10-11-16-12-13(3)4/h13-15H,5-12H2,1-4H3. The summed E-state index contributed by atoms with van der Waals surface area (Å²) < 4.78 is 5.57. The van der Waals surface area contributed by atoms with Crippen LogP contribution in [-0.4, -0.2) is 25.8 Å². The number of rotatable bonds is 11. The van der Waals surface area contributed by atoms with Gasteiger partial charge in [0.05, 0.1) is 6.61 Å². The second-order valence-corrected chi connectivity index (χ2v) is 5.05. The molecule has 0 aromatic rings. The van der Waals surface area contributed by atoms with E-state index in [1.165, 1.54) is 32.1 Å². The number of hydrogen-bond donors (Lipinski definition) is 1. The molecule has 2 heteroatoms. The maximum atomic E-state index is 5.57. The zero-order valence-electron chi connectivity index (χ0n) is 11.7. The molecule has 0 aliphatic heterocycles. The molecular weight excluding hydrogens is 198 g/mol. The number of hydrogen-bond acceptors (Lipinski definition) is 2. The van der Waals surface area contributed by atoms with E-state index >= 15 is 0 Å². The van der Waals surface area contributed by atoms with Crippen molar-refractivity contribution in [3.05, 3.63) is 0 Å². The van der Waals surface area contributed by atoms with Gasteiger partial charge < -0.3 is 10.1 Å². The minimum atomic E-state index is 0.645. The Bertz CT molecular complexity index is 137. The van der Waals surface area contributed by atoms with Gasteiger partial charge in [-0.3, -0.25) is 0 Å². The van der Waals surface area contributed by atoms with Crippen LogP contribution >= 0.6 is 0 Å². The third kappa shape index (κ3) is 10.4. The molecule has 0 aliphatic rings. The Morgan fingerprint density at radius 3 is 2.38 bits per heavy atom. The fourth-order valence-corrected chi connectivity index (χ4v) is 1.80. The van der Waals surface area contributed by atoms with E-state index in [0.717, 1.165) is 19.8 Å². The van der Waals surface area contributed by atoms with Gasteiger partial charge in [-0.05, 0) is 18.8 Å². The maximum Gasteiger partial charge on any atom is 0.0591 e. The van der Waals surface area contributed by atoms with Gasteiger partial charge >= 0.3 is 0 Å². The summed E-state index contributed by atoms with van der Waals surface area (Å²) in [6, 6.07) is 0.701. The summed E-state index contributed by atoms with van der Waals surface area (Å²) in [4.78, 5) is 0. The lowest BCUT2D eigenvalue weighted by atomic mass is 10.1. The average molecular weight is 229 g/mol. The normalized spacial score (nSPS) is 13.3. The summed E-state index contributed by atoms with van der Waals surface area (Å²) in [5, 5.41) is 3.60. The number of unbranched alkanes of at least 4 members (excludes halogenated alkanes) is 1. The SMILES string of the molecule is CCCCC(CCC)NCCOCC(C)C. The van der Waals surface area contributed by atoms with Crippen molar-refractivity contribution in [2.75, 3.05) is 19.8 Å². The molecule has 0 spiro atoms. The van der Waals surface area contributed by atoms with Gasteiger partial charge in [0.15, 0.2) is 0 Å². The highest BCUT2D eigenvalue weighted by molar-refractivity contribution is 4.65. The quantitative estimate of drug-likeness (QED) is 0.547. The van der Waals surface area contributed by atoms with Crippen LogP contribution in [0.5, 0.6) is 0 Å². The topological polar surface area (TPSA) is 21.3 Å². The molecule has 0 radical (unpaired) electrons. The molecule has 1 unspecified atom stereocenters. The summed E-state index contributed by atoms with van der Waals surface area (Å²) in [6.45, 7) is 11.6. The molecule has 0 heterocycles. The highest BCUT2D eigenvalue weighted by Gasteiger charge is 2.05. The molecule has 98 valence electrons. The Labute approximate surface area is 102 Å². The van der Waals surface area contributed by atoms with Gasteiger partial charge in [-0.15, -0.1) is 0 Å². The van der Waals surface area contributed by atoms with Crippen LogP contribution in [0.25, 0.3) is 0 Å². The summed E-state index contributed by atoms with van der Waals surface area (Å²) in [6.07, 6.45) is 6.52. The van der Waals surface area contributed by atoms with Gasteiger partial charge in [-0.1, -0.05) is 47.0 Å². The molecular formula is C14H31NO.